The van der Waals surface area contributed by atoms with Gasteiger partial charge < -0.3 is 4.90 Å². The first-order valence-electron chi connectivity index (χ1n) is 8.55. The van der Waals surface area contributed by atoms with Gasteiger partial charge in [-0.15, -0.1) is 0 Å². The lowest BCUT2D eigenvalue weighted by Crippen LogP contribution is -2.30. The number of amides is 1. The molecule has 128 valence electrons. The van der Waals surface area contributed by atoms with Crippen LogP contribution in [0.3, 0.4) is 0 Å². The number of carbonyl (C=O) groups excluding carboxylic acids is 1. The standard InChI is InChI=1S/C22H19N3O/c1-25(2)22(26)21(19-12-11-15-7-5-6-10-18(15)24-19)20-13-16-8-3-4-9-17(16)14-23-20/h3-14,21H,1-2H3. The molecular weight excluding hydrogens is 322 g/mol. The highest BCUT2D eigenvalue weighted by molar-refractivity contribution is 5.89. The van der Waals surface area contributed by atoms with Gasteiger partial charge in [-0.2, -0.15) is 0 Å². The Balaban J connectivity index is 1.88. The van der Waals surface area contributed by atoms with Crippen LogP contribution in [-0.2, 0) is 4.79 Å². The number of rotatable bonds is 3. The summed E-state index contributed by atoms with van der Waals surface area (Å²) in [5, 5.41) is 3.17. The summed E-state index contributed by atoms with van der Waals surface area (Å²) in [5.74, 6) is -0.560. The third kappa shape index (κ3) is 2.90. The van der Waals surface area contributed by atoms with Gasteiger partial charge in [0.05, 0.1) is 16.9 Å². The molecule has 0 aliphatic heterocycles. The number of hydrogen-bond donors (Lipinski definition) is 0. The summed E-state index contributed by atoms with van der Waals surface area (Å²) < 4.78 is 0. The van der Waals surface area contributed by atoms with E-state index in [0.29, 0.717) is 11.4 Å². The van der Waals surface area contributed by atoms with Crippen LogP contribution in [0.15, 0.2) is 72.9 Å². The SMILES string of the molecule is CN(C)C(=O)C(c1cc2ccccc2cn1)c1ccc2ccccc2n1. The molecule has 0 N–H and O–H groups in total. The van der Waals surface area contributed by atoms with Crippen molar-refractivity contribution in [3.63, 3.8) is 0 Å². The Hall–Kier alpha value is -3.27. The van der Waals surface area contributed by atoms with Gasteiger partial charge in [0.1, 0.15) is 5.92 Å². The molecule has 0 saturated carbocycles. The van der Waals surface area contributed by atoms with Gasteiger partial charge in [-0.05, 0) is 23.6 Å². The summed E-state index contributed by atoms with van der Waals surface area (Å²) >= 11 is 0. The number of carbonyl (C=O) groups is 1. The molecule has 0 radical (unpaired) electrons. The van der Waals surface area contributed by atoms with Gasteiger partial charge in [0.2, 0.25) is 5.91 Å². The third-order valence-corrected chi connectivity index (χ3v) is 4.55. The summed E-state index contributed by atoms with van der Waals surface area (Å²) in [5.41, 5.74) is 2.30. The topological polar surface area (TPSA) is 46.1 Å². The predicted octanol–water partition coefficient (Wildman–Crippen LogP) is 4.00. The van der Waals surface area contributed by atoms with Crippen LogP contribution in [0.5, 0.6) is 0 Å². The third-order valence-electron chi connectivity index (χ3n) is 4.55. The molecule has 1 atom stereocenters. The molecule has 1 unspecified atom stereocenters. The lowest BCUT2D eigenvalue weighted by atomic mass is 9.96. The maximum Gasteiger partial charge on any atom is 0.237 e. The maximum absolute atomic E-state index is 13.0. The molecule has 0 fully saturated rings. The molecule has 0 spiro atoms. The Morgan fingerprint density at radius 1 is 0.846 bits per heavy atom. The average Bonchev–Trinajstić information content (AvgIpc) is 2.68. The number of hydrogen-bond acceptors (Lipinski definition) is 3. The van der Waals surface area contributed by atoms with E-state index in [4.69, 9.17) is 4.98 Å². The first-order valence-corrected chi connectivity index (χ1v) is 8.55. The summed E-state index contributed by atoms with van der Waals surface area (Å²) in [6, 6.07) is 21.9. The highest BCUT2D eigenvalue weighted by atomic mass is 16.2. The summed E-state index contributed by atoms with van der Waals surface area (Å²) in [7, 11) is 3.52. The Labute approximate surface area is 152 Å². The first kappa shape index (κ1) is 16.2. The summed E-state index contributed by atoms with van der Waals surface area (Å²) in [6.45, 7) is 0. The first-order chi connectivity index (χ1) is 12.6. The fraction of sp³-hybridized carbons (Fsp3) is 0.136. The van der Waals surface area contributed by atoms with Crippen molar-refractivity contribution in [1.82, 2.24) is 14.9 Å². The second kappa shape index (κ2) is 6.56. The zero-order valence-electron chi connectivity index (χ0n) is 14.8. The molecule has 0 saturated heterocycles. The van der Waals surface area contributed by atoms with E-state index in [1.54, 1.807) is 19.0 Å². The lowest BCUT2D eigenvalue weighted by molar-refractivity contribution is -0.129. The number of fused-ring (bicyclic) bond motifs is 2. The summed E-state index contributed by atoms with van der Waals surface area (Å²) in [4.78, 5) is 23.9. The van der Waals surface area contributed by atoms with Crippen LogP contribution in [-0.4, -0.2) is 34.9 Å². The largest absolute Gasteiger partial charge is 0.348 e. The minimum atomic E-state index is -0.529. The van der Waals surface area contributed by atoms with Crippen LogP contribution < -0.4 is 0 Å². The molecule has 0 aliphatic rings. The van der Waals surface area contributed by atoms with Gasteiger partial charge in [0, 0.05) is 31.1 Å². The highest BCUT2D eigenvalue weighted by Crippen LogP contribution is 2.27. The fourth-order valence-corrected chi connectivity index (χ4v) is 3.16. The van der Waals surface area contributed by atoms with E-state index in [1.165, 1.54) is 0 Å². The van der Waals surface area contributed by atoms with Crippen LogP contribution in [0.4, 0.5) is 0 Å². The van der Waals surface area contributed by atoms with Crippen molar-refractivity contribution in [3.8, 4) is 0 Å². The Morgan fingerprint density at radius 3 is 2.31 bits per heavy atom. The molecule has 2 heterocycles. The molecule has 0 aliphatic carbocycles. The molecule has 2 aromatic carbocycles. The zero-order chi connectivity index (χ0) is 18.1. The van der Waals surface area contributed by atoms with Crippen molar-refractivity contribution in [3.05, 3.63) is 84.3 Å². The van der Waals surface area contributed by atoms with Gasteiger partial charge in [0.25, 0.3) is 0 Å². The summed E-state index contributed by atoms with van der Waals surface area (Å²) in [6.07, 6.45) is 1.82. The van der Waals surface area contributed by atoms with Crippen molar-refractivity contribution in [1.29, 1.82) is 0 Å². The van der Waals surface area contributed by atoms with E-state index >= 15 is 0 Å². The maximum atomic E-state index is 13.0. The monoisotopic (exact) mass is 341 g/mol. The van der Waals surface area contributed by atoms with Crippen LogP contribution in [0.25, 0.3) is 21.7 Å². The van der Waals surface area contributed by atoms with Gasteiger partial charge in [-0.1, -0.05) is 48.5 Å². The van der Waals surface area contributed by atoms with Crippen molar-refractivity contribution in [2.75, 3.05) is 14.1 Å². The van der Waals surface area contributed by atoms with E-state index in [0.717, 1.165) is 21.7 Å². The molecule has 4 nitrogen and oxygen atoms in total. The smallest absolute Gasteiger partial charge is 0.237 e. The van der Waals surface area contributed by atoms with E-state index in [9.17, 15) is 4.79 Å². The molecule has 4 rings (SSSR count). The average molecular weight is 341 g/mol. The van der Waals surface area contributed by atoms with E-state index in [-0.39, 0.29) is 5.91 Å². The predicted molar refractivity (Wildman–Crippen MR) is 104 cm³/mol. The molecule has 26 heavy (non-hydrogen) atoms. The van der Waals surface area contributed by atoms with Gasteiger partial charge >= 0.3 is 0 Å². The van der Waals surface area contributed by atoms with Crippen LogP contribution in [0.1, 0.15) is 17.3 Å². The van der Waals surface area contributed by atoms with E-state index in [2.05, 4.69) is 4.98 Å². The number of pyridine rings is 2. The number of benzene rings is 2. The fourth-order valence-electron chi connectivity index (χ4n) is 3.16. The number of likely N-dealkylation sites (N-methyl/N-ethyl adjacent to an activating group) is 1. The number of nitrogens with zero attached hydrogens (tertiary/aromatic N) is 3. The van der Waals surface area contributed by atoms with Crippen molar-refractivity contribution < 1.29 is 4.79 Å². The Morgan fingerprint density at radius 2 is 1.54 bits per heavy atom. The van der Waals surface area contributed by atoms with Crippen LogP contribution in [0, 0.1) is 0 Å². The minimum Gasteiger partial charge on any atom is -0.348 e. The van der Waals surface area contributed by atoms with E-state index < -0.39 is 5.92 Å². The normalized spacial score (nSPS) is 12.2. The van der Waals surface area contributed by atoms with Gasteiger partial charge in [-0.3, -0.25) is 14.8 Å². The van der Waals surface area contributed by atoms with Crippen LogP contribution in [0.2, 0.25) is 0 Å². The Kier molecular flexibility index (Phi) is 4.09. The molecular formula is C22H19N3O. The van der Waals surface area contributed by atoms with Gasteiger partial charge in [-0.25, -0.2) is 0 Å². The highest BCUT2D eigenvalue weighted by Gasteiger charge is 2.27. The molecule has 4 aromatic rings. The van der Waals surface area contributed by atoms with E-state index in [1.807, 2.05) is 72.9 Å². The molecule has 1 amide bonds. The van der Waals surface area contributed by atoms with Crippen molar-refractivity contribution >= 4 is 27.6 Å². The molecule has 0 bridgehead atoms. The van der Waals surface area contributed by atoms with Crippen LogP contribution >= 0.6 is 0 Å². The zero-order valence-corrected chi connectivity index (χ0v) is 14.8. The minimum absolute atomic E-state index is 0.0319. The Bertz CT molecular complexity index is 1030. The van der Waals surface area contributed by atoms with Crippen molar-refractivity contribution in [2.24, 2.45) is 0 Å². The lowest BCUT2D eigenvalue weighted by Gasteiger charge is -2.20. The number of para-hydroxylation sites is 1. The van der Waals surface area contributed by atoms with Gasteiger partial charge in [0.15, 0.2) is 0 Å². The second-order valence-corrected chi connectivity index (χ2v) is 6.55. The number of aromatic nitrogens is 2. The molecule has 4 heteroatoms. The second-order valence-electron chi connectivity index (χ2n) is 6.55. The molecule has 2 aromatic heterocycles. The quantitative estimate of drug-likeness (QED) is 0.566. The van der Waals surface area contributed by atoms with Crippen molar-refractivity contribution in [2.45, 2.75) is 5.92 Å².